The number of ketones is 1. The Balaban J connectivity index is 2.32. The van der Waals surface area contributed by atoms with Gasteiger partial charge in [-0.1, -0.05) is 18.2 Å². The third-order valence-corrected chi connectivity index (χ3v) is 3.04. The number of hydrogen-bond acceptors (Lipinski definition) is 4. The summed E-state index contributed by atoms with van der Waals surface area (Å²) in [7, 11) is 1.61. The molecule has 0 bridgehead atoms. The summed E-state index contributed by atoms with van der Waals surface area (Å²) in [6.07, 6.45) is -0.775. The van der Waals surface area contributed by atoms with E-state index >= 15 is 0 Å². The van der Waals surface area contributed by atoms with E-state index in [1.54, 1.807) is 26.2 Å². The quantitative estimate of drug-likeness (QED) is 0.634. The topological polar surface area (TPSA) is 52.6 Å². The molecule has 0 aliphatic carbocycles. The lowest BCUT2D eigenvalue weighted by Gasteiger charge is -2.11. The van der Waals surface area contributed by atoms with Gasteiger partial charge in [0.2, 0.25) is 5.78 Å². The second-order valence-corrected chi connectivity index (χ2v) is 4.54. The molecule has 4 nitrogen and oxygen atoms in total. The highest BCUT2D eigenvalue weighted by Crippen LogP contribution is 2.22. The number of hydrogen-bond donors (Lipinski definition) is 0. The molecule has 0 saturated carbocycles. The summed E-state index contributed by atoms with van der Waals surface area (Å²) in [5, 5.41) is 1.92. The van der Waals surface area contributed by atoms with Crippen molar-refractivity contribution >= 4 is 22.5 Å². The van der Waals surface area contributed by atoms with Crippen molar-refractivity contribution in [1.82, 2.24) is 0 Å². The lowest BCUT2D eigenvalue weighted by molar-refractivity contribution is -0.143. The smallest absolute Gasteiger partial charge is 0.303 e. The fraction of sp³-hybridized carbons (Fsp3) is 0.250. The van der Waals surface area contributed by atoms with Gasteiger partial charge in [0.25, 0.3) is 0 Å². The van der Waals surface area contributed by atoms with E-state index in [0.717, 1.165) is 16.5 Å². The SMILES string of the molecule is COc1ccc2cc(C(=O)C(C)OC(C)=O)ccc2c1. The molecule has 0 saturated heterocycles. The molecular weight excluding hydrogens is 256 g/mol. The summed E-state index contributed by atoms with van der Waals surface area (Å²) in [6, 6.07) is 11.0. The average Bonchev–Trinajstić information content (AvgIpc) is 2.44. The Hall–Kier alpha value is -2.36. The first-order chi connectivity index (χ1) is 9.51. The predicted octanol–water partition coefficient (Wildman–Crippen LogP) is 2.98. The van der Waals surface area contributed by atoms with E-state index in [4.69, 9.17) is 9.47 Å². The minimum atomic E-state index is -0.775. The standard InChI is InChI=1S/C16H16O4/c1-10(20-11(2)17)16(18)14-5-4-13-9-15(19-3)7-6-12(13)8-14/h4-10H,1-3H3. The van der Waals surface area contributed by atoms with Crippen molar-refractivity contribution in [2.45, 2.75) is 20.0 Å². The molecule has 2 aromatic carbocycles. The Morgan fingerprint density at radius 3 is 2.35 bits per heavy atom. The van der Waals surface area contributed by atoms with Gasteiger partial charge in [-0.3, -0.25) is 9.59 Å². The molecule has 0 radical (unpaired) electrons. The molecule has 0 heterocycles. The molecule has 0 aliphatic rings. The fourth-order valence-corrected chi connectivity index (χ4v) is 2.04. The summed E-state index contributed by atoms with van der Waals surface area (Å²) < 4.78 is 10.1. The van der Waals surface area contributed by atoms with Gasteiger partial charge in [-0.15, -0.1) is 0 Å². The van der Waals surface area contributed by atoms with E-state index in [0.29, 0.717) is 5.56 Å². The van der Waals surface area contributed by atoms with Crippen LogP contribution >= 0.6 is 0 Å². The van der Waals surface area contributed by atoms with E-state index in [2.05, 4.69) is 0 Å². The normalized spacial score (nSPS) is 11.9. The van der Waals surface area contributed by atoms with Gasteiger partial charge in [0, 0.05) is 12.5 Å². The molecule has 0 aliphatic heterocycles. The minimum Gasteiger partial charge on any atom is -0.497 e. The molecule has 0 N–H and O–H groups in total. The highest BCUT2D eigenvalue weighted by molar-refractivity contribution is 6.03. The van der Waals surface area contributed by atoms with Crippen molar-refractivity contribution in [3.63, 3.8) is 0 Å². The van der Waals surface area contributed by atoms with E-state index in [1.807, 2.05) is 24.3 Å². The van der Waals surface area contributed by atoms with Gasteiger partial charge in [0.15, 0.2) is 6.10 Å². The molecule has 4 heteroatoms. The average molecular weight is 272 g/mol. The van der Waals surface area contributed by atoms with Crippen LogP contribution in [-0.2, 0) is 9.53 Å². The lowest BCUT2D eigenvalue weighted by Crippen LogP contribution is -2.23. The first-order valence-corrected chi connectivity index (χ1v) is 6.30. The van der Waals surface area contributed by atoms with Crippen LogP contribution in [0.2, 0.25) is 0 Å². The first kappa shape index (κ1) is 14.1. The number of fused-ring (bicyclic) bond motifs is 1. The second kappa shape index (κ2) is 5.74. The maximum Gasteiger partial charge on any atom is 0.303 e. The van der Waals surface area contributed by atoms with Crippen LogP contribution in [0.25, 0.3) is 10.8 Å². The van der Waals surface area contributed by atoms with E-state index < -0.39 is 12.1 Å². The van der Waals surface area contributed by atoms with Gasteiger partial charge in [0.1, 0.15) is 5.75 Å². The summed E-state index contributed by atoms with van der Waals surface area (Å²) in [6.45, 7) is 2.86. The van der Waals surface area contributed by atoms with Crippen LogP contribution in [0.3, 0.4) is 0 Å². The van der Waals surface area contributed by atoms with Crippen LogP contribution < -0.4 is 4.74 Å². The molecule has 20 heavy (non-hydrogen) atoms. The van der Waals surface area contributed by atoms with Crippen molar-refractivity contribution in [1.29, 1.82) is 0 Å². The van der Waals surface area contributed by atoms with Crippen molar-refractivity contribution in [3.8, 4) is 5.75 Å². The van der Waals surface area contributed by atoms with Crippen molar-refractivity contribution in [2.75, 3.05) is 7.11 Å². The van der Waals surface area contributed by atoms with Crippen molar-refractivity contribution in [2.24, 2.45) is 0 Å². The molecule has 104 valence electrons. The van der Waals surface area contributed by atoms with Gasteiger partial charge in [-0.2, -0.15) is 0 Å². The van der Waals surface area contributed by atoms with Gasteiger partial charge in [-0.05, 0) is 35.9 Å². The fourth-order valence-electron chi connectivity index (χ4n) is 2.04. The molecule has 1 unspecified atom stereocenters. The number of ether oxygens (including phenoxy) is 2. The molecule has 1 atom stereocenters. The monoisotopic (exact) mass is 272 g/mol. The molecule has 0 amide bonds. The lowest BCUT2D eigenvalue weighted by atomic mass is 10.0. The Morgan fingerprint density at radius 1 is 1.05 bits per heavy atom. The summed E-state index contributed by atoms with van der Waals surface area (Å²) in [5.74, 6) is 0.0964. The number of carbonyl (C=O) groups is 2. The predicted molar refractivity (Wildman–Crippen MR) is 76.1 cm³/mol. The Morgan fingerprint density at radius 2 is 1.70 bits per heavy atom. The maximum absolute atomic E-state index is 12.1. The minimum absolute atomic E-state index is 0.210. The van der Waals surface area contributed by atoms with Crippen molar-refractivity contribution in [3.05, 3.63) is 42.0 Å². The van der Waals surface area contributed by atoms with Crippen LogP contribution in [0.15, 0.2) is 36.4 Å². The zero-order chi connectivity index (χ0) is 14.7. The van der Waals surface area contributed by atoms with Crippen LogP contribution in [-0.4, -0.2) is 25.0 Å². The van der Waals surface area contributed by atoms with Gasteiger partial charge < -0.3 is 9.47 Å². The molecule has 0 fully saturated rings. The van der Waals surface area contributed by atoms with Crippen molar-refractivity contribution < 1.29 is 19.1 Å². The highest BCUT2D eigenvalue weighted by atomic mass is 16.5. The maximum atomic E-state index is 12.1. The zero-order valence-electron chi connectivity index (χ0n) is 11.7. The number of esters is 1. The zero-order valence-corrected chi connectivity index (χ0v) is 11.7. The Labute approximate surface area is 117 Å². The largest absolute Gasteiger partial charge is 0.497 e. The summed E-state index contributed by atoms with van der Waals surface area (Å²) in [4.78, 5) is 23.0. The summed E-state index contributed by atoms with van der Waals surface area (Å²) in [5.41, 5.74) is 0.524. The number of carbonyl (C=O) groups excluding carboxylic acids is 2. The number of rotatable bonds is 4. The van der Waals surface area contributed by atoms with Gasteiger partial charge in [-0.25, -0.2) is 0 Å². The van der Waals surface area contributed by atoms with Gasteiger partial charge >= 0.3 is 5.97 Å². The highest BCUT2D eigenvalue weighted by Gasteiger charge is 2.18. The molecular formula is C16H16O4. The van der Waals surface area contributed by atoms with Crippen LogP contribution in [0.4, 0.5) is 0 Å². The Kier molecular flexibility index (Phi) is 4.03. The van der Waals surface area contributed by atoms with Crippen LogP contribution in [0, 0.1) is 0 Å². The first-order valence-electron chi connectivity index (χ1n) is 6.30. The van der Waals surface area contributed by atoms with E-state index in [9.17, 15) is 9.59 Å². The number of Topliss-reactive ketones (excluding diaryl/α,β-unsaturated/α-hetero) is 1. The molecule has 2 aromatic rings. The number of benzene rings is 2. The van der Waals surface area contributed by atoms with Gasteiger partial charge in [0.05, 0.1) is 7.11 Å². The molecule has 0 aromatic heterocycles. The van der Waals surface area contributed by atoms with E-state index in [-0.39, 0.29) is 5.78 Å². The molecule has 2 rings (SSSR count). The van der Waals surface area contributed by atoms with E-state index in [1.165, 1.54) is 6.92 Å². The summed E-state index contributed by atoms with van der Waals surface area (Å²) >= 11 is 0. The molecule has 0 spiro atoms. The van der Waals surface area contributed by atoms with Crippen LogP contribution in [0.1, 0.15) is 24.2 Å². The third kappa shape index (κ3) is 2.96. The Bertz CT molecular complexity index is 661. The second-order valence-electron chi connectivity index (χ2n) is 4.54. The van der Waals surface area contributed by atoms with Crippen LogP contribution in [0.5, 0.6) is 5.75 Å². The third-order valence-electron chi connectivity index (χ3n) is 3.04. The number of methoxy groups -OCH3 is 1.